The van der Waals surface area contributed by atoms with Crippen LogP contribution in [0.25, 0.3) is 0 Å². The smallest absolute Gasteiger partial charge is 0.252 e. The molecule has 1 saturated heterocycles. The Bertz CT molecular complexity index is 728. The van der Waals surface area contributed by atoms with Gasteiger partial charge in [-0.1, -0.05) is 30.5 Å². The zero-order valence-corrected chi connectivity index (χ0v) is 16.3. The number of nitrogens with one attached hydrogen (secondary N) is 1. The molecule has 1 aromatic heterocycles. The maximum absolute atomic E-state index is 12.3. The number of carbonyl (C=O) groups excluding carboxylic acids is 1. The molecule has 132 valence electrons. The molecule has 3 rings (SSSR count). The first-order valence-corrected chi connectivity index (χ1v) is 9.74. The first-order chi connectivity index (χ1) is 12.1. The molecule has 6 heteroatoms. The van der Waals surface area contributed by atoms with Crippen molar-refractivity contribution >= 4 is 39.3 Å². The van der Waals surface area contributed by atoms with Crippen molar-refractivity contribution in [3.63, 3.8) is 0 Å². The van der Waals surface area contributed by atoms with Gasteiger partial charge in [-0.3, -0.25) is 4.79 Å². The number of nitrogens with zero attached hydrogens (tertiary/aromatic N) is 2. The fourth-order valence-corrected chi connectivity index (χ4v) is 3.56. The highest BCUT2D eigenvalue weighted by Crippen LogP contribution is 2.21. The van der Waals surface area contributed by atoms with Gasteiger partial charge in [0.15, 0.2) is 0 Å². The van der Waals surface area contributed by atoms with Gasteiger partial charge in [0.05, 0.1) is 5.56 Å². The lowest BCUT2D eigenvalue weighted by molar-refractivity contribution is 0.0950. The molecule has 1 amide bonds. The lowest BCUT2D eigenvalue weighted by Gasteiger charge is -2.21. The second kappa shape index (κ2) is 8.68. The van der Waals surface area contributed by atoms with Crippen molar-refractivity contribution in [3.8, 4) is 0 Å². The van der Waals surface area contributed by atoms with Crippen LogP contribution in [0.1, 0.15) is 41.6 Å². The Morgan fingerprint density at radius 3 is 2.60 bits per heavy atom. The van der Waals surface area contributed by atoms with E-state index in [2.05, 4.69) is 31.1 Å². The molecule has 1 aromatic carbocycles. The number of hydrogen-bond donors (Lipinski definition) is 1. The van der Waals surface area contributed by atoms with Crippen molar-refractivity contribution in [2.24, 2.45) is 0 Å². The average molecular weight is 423 g/mol. The predicted molar refractivity (Wildman–Crippen MR) is 105 cm³/mol. The molecule has 1 aliphatic heterocycles. The zero-order valence-electron chi connectivity index (χ0n) is 14.0. The van der Waals surface area contributed by atoms with Crippen LogP contribution in [0.15, 0.2) is 41.0 Å². The van der Waals surface area contributed by atoms with Gasteiger partial charge in [0.25, 0.3) is 5.91 Å². The predicted octanol–water partition coefficient (Wildman–Crippen LogP) is 4.81. The van der Waals surface area contributed by atoms with Gasteiger partial charge in [0.2, 0.25) is 0 Å². The maximum Gasteiger partial charge on any atom is 0.252 e. The molecule has 0 bridgehead atoms. The Kier molecular flexibility index (Phi) is 6.32. The van der Waals surface area contributed by atoms with Crippen molar-refractivity contribution in [2.75, 3.05) is 18.0 Å². The van der Waals surface area contributed by atoms with Crippen molar-refractivity contribution < 1.29 is 4.79 Å². The third-order valence-electron chi connectivity index (χ3n) is 4.37. The topological polar surface area (TPSA) is 45.2 Å². The molecule has 1 aliphatic rings. The van der Waals surface area contributed by atoms with Crippen molar-refractivity contribution in [2.45, 2.75) is 32.2 Å². The van der Waals surface area contributed by atoms with E-state index in [9.17, 15) is 4.79 Å². The van der Waals surface area contributed by atoms with Gasteiger partial charge in [-0.05, 0) is 58.6 Å². The molecule has 0 aliphatic carbocycles. The summed E-state index contributed by atoms with van der Waals surface area (Å²) < 4.78 is 0.726. The molecule has 2 aromatic rings. The van der Waals surface area contributed by atoms with Gasteiger partial charge in [0.1, 0.15) is 5.82 Å². The molecular weight excluding hydrogens is 402 g/mol. The van der Waals surface area contributed by atoms with E-state index < -0.39 is 0 Å². The van der Waals surface area contributed by atoms with Crippen LogP contribution < -0.4 is 10.2 Å². The van der Waals surface area contributed by atoms with Crippen LogP contribution in [0.2, 0.25) is 5.02 Å². The summed E-state index contributed by atoms with van der Waals surface area (Å²) in [7, 11) is 0. The van der Waals surface area contributed by atoms with Gasteiger partial charge in [-0.15, -0.1) is 0 Å². The Labute approximate surface area is 161 Å². The monoisotopic (exact) mass is 421 g/mol. The molecule has 1 fully saturated rings. The molecular formula is C19H21BrClN3O. The molecule has 0 atom stereocenters. The summed E-state index contributed by atoms with van der Waals surface area (Å²) in [4.78, 5) is 19.2. The number of amides is 1. The summed E-state index contributed by atoms with van der Waals surface area (Å²) in [5.74, 6) is 0.862. The highest BCUT2D eigenvalue weighted by Gasteiger charge is 2.12. The molecule has 2 heterocycles. The van der Waals surface area contributed by atoms with E-state index in [1.54, 1.807) is 18.2 Å². The Balaban J connectivity index is 1.59. The van der Waals surface area contributed by atoms with Crippen molar-refractivity contribution in [1.29, 1.82) is 0 Å². The molecule has 0 saturated carbocycles. The first-order valence-electron chi connectivity index (χ1n) is 8.56. The van der Waals surface area contributed by atoms with Gasteiger partial charge in [-0.2, -0.15) is 0 Å². The largest absolute Gasteiger partial charge is 0.357 e. The van der Waals surface area contributed by atoms with E-state index in [-0.39, 0.29) is 5.91 Å². The summed E-state index contributed by atoms with van der Waals surface area (Å²) in [5.41, 5.74) is 1.51. The third kappa shape index (κ3) is 4.95. The van der Waals surface area contributed by atoms with Gasteiger partial charge < -0.3 is 10.2 Å². The second-order valence-corrected chi connectivity index (χ2v) is 7.52. The molecule has 25 heavy (non-hydrogen) atoms. The minimum atomic E-state index is -0.161. The highest BCUT2D eigenvalue weighted by molar-refractivity contribution is 9.10. The lowest BCUT2D eigenvalue weighted by Crippen LogP contribution is -2.25. The fourth-order valence-electron chi connectivity index (χ4n) is 2.96. The number of benzene rings is 1. The fraction of sp³-hybridized carbons (Fsp3) is 0.368. The van der Waals surface area contributed by atoms with Crippen LogP contribution >= 0.6 is 27.5 Å². The number of carbonyl (C=O) groups is 1. The maximum atomic E-state index is 12.3. The Morgan fingerprint density at radius 1 is 1.16 bits per heavy atom. The van der Waals surface area contributed by atoms with Crippen LogP contribution in [0.4, 0.5) is 5.82 Å². The van der Waals surface area contributed by atoms with E-state index in [0.29, 0.717) is 17.1 Å². The van der Waals surface area contributed by atoms with Crippen molar-refractivity contribution in [3.05, 3.63) is 57.2 Å². The van der Waals surface area contributed by atoms with E-state index in [1.807, 2.05) is 18.3 Å². The van der Waals surface area contributed by atoms with Gasteiger partial charge in [0, 0.05) is 35.3 Å². The Morgan fingerprint density at radius 2 is 1.92 bits per heavy atom. The number of rotatable bonds is 4. The quantitative estimate of drug-likeness (QED) is 0.769. The van der Waals surface area contributed by atoms with Crippen LogP contribution in [-0.4, -0.2) is 24.0 Å². The number of aromatic nitrogens is 1. The minimum absolute atomic E-state index is 0.161. The Hall–Kier alpha value is -1.59. The summed E-state index contributed by atoms with van der Waals surface area (Å²) in [6, 6.07) is 9.24. The molecule has 0 unspecified atom stereocenters. The second-order valence-electron chi connectivity index (χ2n) is 6.23. The number of anilines is 1. The third-order valence-corrected chi connectivity index (χ3v) is 5.29. The average Bonchev–Trinajstić information content (AvgIpc) is 2.91. The SMILES string of the molecule is O=C(NCc1ccc(N2CCCCCC2)nc1)c1cc(Cl)ccc1Br. The van der Waals surface area contributed by atoms with Crippen LogP contribution in [0, 0.1) is 0 Å². The lowest BCUT2D eigenvalue weighted by atomic mass is 10.2. The van der Waals surface area contributed by atoms with Gasteiger partial charge in [-0.25, -0.2) is 4.98 Å². The highest BCUT2D eigenvalue weighted by atomic mass is 79.9. The number of pyridine rings is 1. The van der Waals surface area contributed by atoms with E-state index in [0.717, 1.165) is 28.9 Å². The minimum Gasteiger partial charge on any atom is -0.357 e. The van der Waals surface area contributed by atoms with E-state index >= 15 is 0 Å². The van der Waals surface area contributed by atoms with Crippen LogP contribution in [0.3, 0.4) is 0 Å². The zero-order chi connectivity index (χ0) is 17.6. The molecule has 1 N–H and O–H groups in total. The summed E-state index contributed by atoms with van der Waals surface area (Å²) in [6.07, 6.45) is 6.91. The standard InChI is InChI=1S/C19H21BrClN3O/c20-17-7-6-15(21)11-16(17)19(25)23-13-14-5-8-18(22-12-14)24-9-3-1-2-4-10-24/h5-8,11-12H,1-4,9-10,13H2,(H,23,25). The summed E-state index contributed by atoms with van der Waals surface area (Å²) >= 11 is 9.35. The number of hydrogen-bond acceptors (Lipinski definition) is 3. The normalized spacial score (nSPS) is 14.9. The van der Waals surface area contributed by atoms with E-state index in [1.165, 1.54) is 25.7 Å². The summed E-state index contributed by atoms with van der Waals surface area (Å²) in [5, 5.41) is 3.45. The number of halogens is 2. The van der Waals surface area contributed by atoms with E-state index in [4.69, 9.17) is 11.6 Å². The molecule has 0 radical (unpaired) electrons. The van der Waals surface area contributed by atoms with Crippen molar-refractivity contribution in [1.82, 2.24) is 10.3 Å². The first kappa shape index (κ1) is 18.2. The van der Waals surface area contributed by atoms with Gasteiger partial charge >= 0.3 is 0 Å². The van der Waals surface area contributed by atoms with Crippen LogP contribution in [-0.2, 0) is 6.54 Å². The molecule has 4 nitrogen and oxygen atoms in total. The molecule has 0 spiro atoms. The van der Waals surface area contributed by atoms with Crippen LogP contribution in [0.5, 0.6) is 0 Å². The summed E-state index contributed by atoms with van der Waals surface area (Å²) in [6.45, 7) is 2.59.